The zero-order valence-electron chi connectivity index (χ0n) is 23.5. The first kappa shape index (κ1) is 28.1. The number of fused-ring (bicyclic) bond motifs is 1. The van der Waals surface area contributed by atoms with Crippen molar-refractivity contribution in [2.75, 3.05) is 11.9 Å². The maximum atomic E-state index is 14.1. The number of hydrogen-bond donors (Lipinski definition) is 1. The molecule has 5 rings (SSSR count). The van der Waals surface area contributed by atoms with Crippen LogP contribution in [0, 0.1) is 13.8 Å². The minimum atomic E-state index is -0.489. The highest BCUT2D eigenvalue weighted by molar-refractivity contribution is 6.30. The van der Waals surface area contributed by atoms with E-state index in [1.165, 1.54) is 0 Å². The second kappa shape index (κ2) is 12.4. The van der Waals surface area contributed by atoms with E-state index in [2.05, 4.69) is 5.32 Å². The number of carbonyl (C=O) groups excluding carboxylic acids is 1. The molecule has 7 heteroatoms. The summed E-state index contributed by atoms with van der Waals surface area (Å²) < 4.78 is 1.67. The first-order chi connectivity index (χ1) is 19.9. The maximum absolute atomic E-state index is 14.1. The van der Waals surface area contributed by atoms with E-state index in [0.717, 1.165) is 22.4 Å². The number of nitrogens with one attached hydrogen (secondary N) is 1. The Hall–Kier alpha value is -4.42. The molecule has 1 aromatic heterocycles. The molecule has 0 aliphatic rings. The van der Waals surface area contributed by atoms with Gasteiger partial charge in [0.2, 0.25) is 0 Å². The number of rotatable bonds is 8. The van der Waals surface area contributed by atoms with Crippen molar-refractivity contribution < 1.29 is 4.79 Å². The summed E-state index contributed by atoms with van der Waals surface area (Å²) in [5, 5.41) is 4.08. The number of halogens is 1. The monoisotopic (exact) mass is 564 g/mol. The molecule has 1 N–H and O–H groups in total. The lowest BCUT2D eigenvalue weighted by molar-refractivity contribution is 0.182. The molecule has 2 amide bonds. The molecule has 41 heavy (non-hydrogen) atoms. The predicted molar refractivity (Wildman–Crippen MR) is 167 cm³/mol. The standard InChI is InChI=1S/C34H33ClN4O2/c1-4-31(38(20-19-25-11-6-5-7-12-25)34(41)36-27-14-10-13-26(35)22-27)32-37-30-16-9-8-15-29(30)33(40)39(32)28-18-17-23(2)24(3)21-28/h5-18,21-22,31H,4,19-20H2,1-3H3,(H,36,41). The molecule has 0 bridgehead atoms. The van der Waals surface area contributed by atoms with Crippen molar-refractivity contribution in [1.82, 2.24) is 14.5 Å². The predicted octanol–water partition coefficient (Wildman–Crippen LogP) is 7.88. The minimum Gasteiger partial charge on any atom is -0.314 e. The number of anilines is 1. The van der Waals surface area contributed by atoms with Crippen molar-refractivity contribution in [3.8, 4) is 5.69 Å². The fourth-order valence-corrected chi connectivity index (χ4v) is 5.27. The van der Waals surface area contributed by atoms with Gasteiger partial charge in [0.05, 0.1) is 22.6 Å². The van der Waals surface area contributed by atoms with Gasteiger partial charge >= 0.3 is 6.03 Å². The molecule has 0 saturated carbocycles. The van der Waals surface area contributed by atoms with Crippen LogP contribution in [-0.4, -0.2) is 27.0 Å². The number of aromatic nitrogens is 2. The zero-order valence-corrected chi connectivity index (χ0v) is 24.2. The van der Waals surface area contributed by atoms with E-state index < -0.39 is 6.04 Å². The number of hydrogen-bond acceptors (Lipinski definition) is 3. The summed E-state index contributed by atoms with van der Waals surface area (Å²) in [7, 11) is 0. The van der Waals surface area contributed by atoms with Crippen molar-refractivity contribution in [3.05, 3.63) is 135 Å². The third-order valence-electron chi connectivity index (χ3n) is 7.43. The second-order valence-corrected chi connectivity index (χ2v) is 10.6. The van der Waals surface area contributed by atoms with Crippen molar-refractivity contribution in [2.24, 2.45) is 0 Å². The van der Waals surface area contributed by atoms with Gasteiger partial charge in [0, 0.05) is 17.3 Å². The zero-order chi connectivity index (χ0) is 28.9. The van der Waals surface area contributed by atoms with Gasteiger partial charge in [0.1, 0.15) is 5.82 Å². The van der Waals surface area contributed by atoms with Crippen molar-refractivity contribution in [1.29, 1.82) is 0 Å². The smallest absolute Gasteiger partial charge is 0.314 e. The van der Waals surface area contributed by atoms with Crippen LogP contribution in [0.5, 0.6) is 0 Å². The maximum Gasteiger partial charge on any atom is 0.322 e. The molecule has 0 fully saturated rings. The van der Waals surface area contributed by atoms with Gasteiger partial charge in [0.15, 0.2) is 0 Å². The molecule has 5 aromatic rings. The highest BCUT2D eigenvalue weighted by Crippen LogP contribution is 2.28. The second-order valence-electron chi connectivity index (χ2n) is 10.2. The number of benzene rings is 4. The number of nitrogens with zero attached hydrogens (tertiary/aromatic N) is 3. The van der Waals surface area contributed by atoms with Crippen LogP contribution in [0.4, 0.5) is 10.5 Å². The van der Waals surface area contributed by atoms with Gasteiger partial charge in [-0.15, -0.1) is 0 Å². The number of amides is 2. The van der Waals surface area contributed by atoms with Crippen LogP contribution in [0.15, 0.2) is 102 Å². The number of carbonyl (C=O) groups is 1. The molecule has 1 heterocycles. The SMILES string of the molecule is CCC(c1nc2ccccc2c(=O)n1-c1ccc(C)c(C)c1)N(CCc1ccccc1)C(=O)Nc1cccc(Cl)c1. The Kier molecular flexibility index (Phi) is 8.50. The Labute approximate surface area is 245 Å². The molecule has 0 aliphatic heterocycles. The summed E-state index contributed by atoms with van der Waals surface area (Å²) in [5.41, 5.74) is 5.08. The lowest BCUT2D eigenvalue weighted by Crippen LogP contribution is -2.42. The molecule has 4 aromatic carbocycles. The van der Waals surface area contributed by atoms with Gasteiger partial charge in [-0.05, 0) is 85.8 Å². The van der Waals surface area contributed by atoms with E-state index in [9.17, 15) is 9.59 Å². The van der Waals surface area contributed by atoms with Gasteiger partial charge in [-0.3, -0.25) is 9.36 Å². The summed E-state index contributed by atoms with van der Waals surface area (Å²) in [6, 6.07) is 29.7. The van der Waals surface area contributed by atoms with Gasteiger partial charge in [-0.25, -0.2) is 9.78 Å². The normalized spacial score (nSPS) is 11.8. The molecule has 0 radical (unpaired) electrons. The van der Waals surface area contributed by atoms with Crippen LogP contribution in [-0.2, 0) is 6.42 Å². The summed E-state index contributed by atoms with van der Waals surface area (Å²) in [6.07, 6.45) is 1.19. The highest BCUT2D eigenvalue weighted by Gasteiger charge is 2.29. The van der Waals surface area contributed by atoms with E-state index in [0.29, 0.717) is 46.8 Å². The van der Waals surface area contributed by atoms with Crippen LogP contribution in [0.3, 0.4) is 0 Å². The van der Waals surface area contributed by atoms with Crippen LogP contribution in [0.25, 0.3) is 16.6 Å². The average Bonchev–Trinajstić information content (AvgIpc) is 2.97. The lowest BCUT2D eigenvalue weighted by atomic mass is 10.1. The van der Waals surface area contributed by atoms with E-state index in [1.807, 2.05) is 87.5 Å². The summed E-state index contributed by atoms with van der Waals surface area (Å²) in [4.78, 5) is 34.8. The molecule has 1 unspecified atom stereocenters. The third kappa shape index (κ3) is 6.18. The molecular formula is C34H33ClN4O2. The van der Waals surface area contributed by atoms with Crippen molar-refractivity contribution >= 4 is 34.2 Å². The van der Waals surface area contributed by atoms with Gasteiger partial charge in [0.25, 0.3) is 5.56 Å². The Morgan fingerprint density at radius 2 is 1.68 bits per heavy atom. The summed E-state index contributed by atoms with van der Waals surface area (Å²) in [6.45, 7) is 6.51. The number of urea groups is 1. The topological polar surface area (TPSA) is 67.2 Å². The molecule has 6 nitrogen and oxygen atoms in total. The Morgan fingerprint density at radius 3 is 2.41 bits per heavy atom. The summed E-state index contributed by atoms with van der Waals surface area (Å²) in [5.74, 6) is 0.522. The fourth-order valence-electron chi connectivity index (χ4n) is 5.08. The first-order valence-electron chi connectivity index (χ1n) is 13.8. The molecule has 0 saturated heterocycles. The largest absolute Gasteiger partial charge is 0.322 e. The number of para-hydroxylation sites is 1. The van der Waals surface area contributed by atoms with Gasteiger partial charge < -0.3 is 10.2 Å². The van der Waals surface area contributed by atoms with Gasteiger partial charge in [-0.1, -0.05) is 73.1 Å². The Balaban J connectivity index is 1.65. The lowest BCUT2D eigenvalue weighted by Gasteiger charge is -2.32. The van der Waals surface area contributed by atoms with Crippen molar-refractivity contribution in [3.63, 3.8) is 0 Å². The molecule has 0 aliphatic carbocycles. The van der Waals surface area contributed by atoms with Crippen molar-refractivity contribution in [2.45, 2.75) is 39.7 Å². The van der Waals surface area contributed by atoms with E-state index >= 15 is 0 Å². The summed E-state index contributed by atoms with van der Waals surface area (Å²) >= 11 is 6.21. The number of aryl methyl sites for hydroxylation is 2. The molecule has 208 valence electrons. The highest BCUT2D eigenvalue weighted by atomic mass is 35.5. The van der Waals surface area contributed by atoms with Gasteiger partial charge in [-0.2, -0.15) is 0 Å². The molecule has 0 spiro atoms. The molecular weight excluding hydrogens is 532 g/mol. The fraction of sp³-hybridized carbons (Fsp3) is 0.206. The van der Waals surface area contributed by atoms with E-state index in [4.69, 9.17) is 16.6 Å². The van der Waals surface area contributed by atoms with Crippen LogP contribution >= 0.6 is 11.6 Å². The van der Waals surface area contributed by atoms with E-state index in [1.54, 1.807) is 39.8 Å². The minimum absolute atomic E-state index is 0.162. The third-order valence-corrected chi connectivity index (χ3v) is 7.67. The van der Waals surface area contributed by atoms with Crippen LogP contribution in [0.1, 0.15) is 41.9 Å². The average molecular weight is 565 g/mol. The molecule has 1 atom stereocenters. The van der Waals surface area contributed by atoms with Crippen LogP contribution in [0.2, 0.25) is 5.02 Å². The Bertz CT molecular complexity index is 1750. The first-order valence-corrected chi connectivity index (χ1v) is 14.2. The van der Waals surface area contributed by atoms with E-state index in [-0.39, 0.29) is 11.6 Å². The van der Waals surface area contributed by atoms with Crippen LogP contribution < -0.4 is 10.9 Å². The Morgan fingerprint density at radius 1 is 0.927 bits per heavy atom. The quantitative estimate of drug-likeness (QED) is 0.208.